The van der Waals surface area contributed by atoms with Crippen LogP contribution in [0.15, 0.2) is 18.2 Å². The molecule has 2 rings (SSSR count). The second kappa shape index (κ2) is 5.36. The molecule has 1 heterocycles. The lowest BCUT2D eigenvalue weighted by atomic mass is 10.1. The van der Waals surface area contributed by atoms with E-state index in [1.54, 1.807) is 0 Å². The molecule has 1 aliphatic rings. The second-order valence-electron chi connectivity index (χ2n) is 4.50. The number of carboxylic acid groups (broad SMARTS) is 1. The van der Waals surface area contributed by atoms with E-state index in [1.165, 1.54) is 0 Å². The van der Waals surface area contributed by atoms with Gasteiger partial charge in [-0.3, -0.25) is 4.79 Å². The van der Waals surface area contributed by atoms with Gasteiger partial charge in [-0.25, -0.2) is 9.18 Å². The number of carbonyl (C=O) groups excluding carboxylic acids is 1. The summed E-state index contributed by atoms with van der Waals surface area (Å²) in [5.74, 6) is -2.28. The number of carbonyl (C=O) groups is 2. The molecular formula is C13H14FNO4. The van der Waals surface area contributed by atoms with E-state index in [4.69, 9.17) is 9.84 Å². The number of halogens is 1. The molecule has 19 heavy (non-hydrogen) atoms. The van der Waals surface area contributed by atoms with Gasteiger partial charge >= 0.3 is 5.97 Å². The summed E-state index contributed by atoms with van der Waals surface area (Å²) in [6.45, 7) is 1.86. The van der Waals surface area contributed by atoms with Crippen LogP contribution in [0.25, 0.3) is 0 Å². The zero-order chi connectivity index (χ0) is 14.0. The number of hydrogen-bond donors (Lipinski definition) is 2. The number of amides is 1. The molecule has 0 aromatic heterocycles. The molecule has 0 aliphatic carbocycles. The maximum Gasteiger partial charge on any atom is 0.337 e. The lowest BCUT2D eigenvalue weighted by Gasteiger charge is -2.13. The molecule has 1 saturated heterocycles. The summed E-state index contributed by atoms with van der Waals surface area (Å²) in [6.07, 6.45) is 0.736. The van der Waals surface area contributed by atoms with Crippen LogP contribution in [-0.4, -0.2) is 29.2 Å². The van der Waals surface area contributed by atoms with E-state index in [0.29, 0.717) is 6.42 Å². The van der Waals surface area contributed by atoms with Crippen molar-refractivity contribution in [3.63, 3.8) is 0 Å². The third-order valence-electron chi connectivity index (χ3n) is 2.99. The number of hydrogen-bond acceptors (Lipinski definition) is 3. The predicted molar refractivity (Wildman–Crippen MR) is 65.6 cm³/mol. The molecule has 1 aromatic carbocycles. The number of carboxylic acids is 1. The Hall–Kier alpha value is -1.95. The molecule has 1 amide bonds. The van der Waals surface area contributed by atoms with Gasteiger partial charge in [-0.2, -0.15) is 0 Å². The summed E-state index contributed by atoms with van der Waals surface area (Å²) in [4.78, 5) is 22.9. The van der Waals surface area contributed by atoms with Crippen molar-refractivity contribution in [2.45, 2.75) is 32.0 Å². The van der Waals surface area contributed by atoms with Gasteiger partial charge in [0, 0.05) is 0 Å². The van der Waals surface area contributed by atoms with Crippen molar-refractivity contribution >= 4 is 17.6 Å². The van der Waals surface area contributed by atoms with Crippen LogP contribution >= 0.6 is 0 Å². The van der Waals surface area contributed by atoms with Gasteiger partial charge in [0.05, 0.1) is 17.4 Å². The summed E-state index contributed by atoms with van der Waals surface area (Å²) in [5, 5.41) is 11.4. The molecule has 1 fully saturated rings. The van der Waals surface area contributed by atoms with Gasteiger partial charge in [0.15, 0.2) is 0 Å². The highest BCUT2D eigenvalue weighted by Gasteiger charge is 2.28. The average molecular weight is 267 g/mol. The molecule has 2 atom stereocenters. The molecule has 2 unspecified atom stereocenters. The van der Waals surface area contributed by atoms with Crippen molar-refractivity contribution in [1.82, 2.24) is 0 Å². The SMILES string of the molecule is CC1CCC(C(=O)Nc2cc(F)ccc2C(=O)O)O1. The number of benzene rings is 1. The standard InChI is InChI=1S/C13H14FNO4/c1-7-2-5-11(19-7)12(16)15-10-6-8(14)3-4-9(10)13(17)18/h3-4,6-7,11H,2,5H2,1H3,(H,15,16)(H,17,18). The van der Waals surface area contributed by atoms with Gasteiger partial charge in [0.2, 0.25) is 0 Å². The van der Waals surface area contributed by atoms with Crippen LogP contribution in [0.5, 0.6) is 0 Å². The van der Waals surface area contributed by atoms with Crippen LogP contribution in [0.4, 0.5) is 10.1 Å². The number of ether oxygens (including phenoxy) is 1. The van der Waals surface area contributed by atoms with Gasteiger partial charge in [-0.15, -0.1) is 0 Å². The van der Waals surface area contributed by atoms with Crippen molar-refractivity contribution < 1.29 is 23.8 Å². The van der Waals surface area contributed by atoms with Crippen molar-refractivity contribution in [1.29, 1.82) is 0 Å². The molecule has 102 valence electrons. The molecule has 2 N–H and O–H groups in total. The van der Waals surface area contributed by atoms with E-state index in [2.05, 4.69) is 5.32 Å². The molecule has 0 saturated carbocycles. The first-order chi connectivity index (χ1) is 8.97. The van der Waals surface area contributed by atoms with Crippen molar-refractivity contribution in [3.8, 4) is 0 Å². The molecule has 0 radical (unpaired) electrons. The highest BCUT2D eigenvalue weighted by molar-refractivity contribution is 6.01. The average Bonchev–Trinajstić information content (AvgIpc) is 2.75. The minimum atomic E-state index is -1.23. The molecule has 6 heteroatoms. The van der Waals surface area contributed by atoms with E-state index >= 15 is 0 Å². The van der Waals surface area contributed by atoms with E-state index in [9.17, 15) is 14.0 Å². The maximum atomic E-state index is 13.1. The van der Waals surface area contributed by atoms with Crippen molar-refractivity contribution in [3.05, 3.63) is 29.6 Å². The summed E-state index contributed by atoms with van der Waals surface area (Å²) in [7, 11) is 0. The van der Waals surface area contributed by atoms with E-state index in [-0.39, 0.29) is 17.4 Å². The fraction of sp³-hybridized carbons (Fsp3) is 0.385. The Kier molecular flexibility index (Phi) is 3.80. The highest BCUT2D eigenvalue weighted by Crippen LogP contribution is 2.22. The summed E-state index contributed by atoms with van der Waals surface area (Å²) < 4.78 is 18.5. The van der Waals surface area contributed by atoms with E-state index in [0.717, 1.165) is 24.6 Å². The smallest absolute Gasteiger partial charge is 0.337 e. The van der Waals surface area contributed by atoms with Crippen LogP contribution in [0, 0.1) is 5.82 Å². The number of rotatable bonds is 3. The second-order valence-corrected chi connectivity index (χ2v) is 4.50. The molecule has 1 aromatic rings. The summed E-state index contributed by atoms with van der Waals surface area (Å²) >= 11 is 0. The van der Waals surface area contributed by atoms with Gasteiger partial charge in [0.25, 0.3) is 5.91 Å². The molecule has 1 aliphatic heterocycles. The fourth-order valence-corrected chi connectivity index (χ4v) is 2.02. The van der Waals surface area contributed by atoms with Gasteiger partial charge in [-0.1, -0.05) is 0 Å². The molecular weight excluding hydrogens is 253 g/mol. The third-order valence-corrected chi connectivity index (χ3v) is 2.99. The normalized spacial score (nSPS) is 22.2. The summed E-state index contributed by atoms with van der Waals surface area (Å²) in [6, 6.07) is 3.14. The monoisotopic (exact) mass is 267 g/mol. The van der Waals surface area contributed by atoms with E-state index in [1.807, 2.05) is 6.92 Å². The van der Waals surface area contributed by atoms with E-state index < -0.39 is 23.8 Å². The predicted octanol–water partition coefficient (Wildman–Crippen LogP) is 2.03. The first-order valence-electron chi connectivity index (χ1n) is 5.96. The lowest BCUT2D eigenvalue weighted by molar-refractivity contribution is -0.126. The minimum absolute atomic E-state index is 0.00204. The molecule has 0 bridgehead atoms. The fourth-order valence-electron chi connectivity index (χ4n) is 2.02. The van der Waals surface area contributed by atoms with Crippen LogP contribution < -0.4 is 5.32 Å². The van der Waals surface area contributed by atoms with Crippen LogP contribution in [0.3, 0.4) is 0 Å². The lowest BCUT2D eigenvalue weighted by Crippen LogP contribution is -2.28. The largest absolute Gasteiger partial charge is 0.478 e. The third kappa shape index (κ3) is 3.08. The first-order valence-corrected chi connectivity index (χ1v) is 5.96. The van der Waals surface area contributed by atoms with Crippen molar-refractivity contribution in [2.75, 3.05) is 5.32 Å². The number of anilines is 1. The zero-order valence-electron chi connectivity index (χ0n) is 10.4. The highest BCUT2D eigenvalue weighted by atomic mass is 19.1. The number of aromatic carboxylic acids is 1. The van der Waals surface area contributed by atoms with Gasteiger partial charge in [0.1, 0.15) is 11.9 Å². The topological polar surface area (TPSA) is 75.6 Å². The van der Waals surface area contributed by atoms with Gasteiger partial charge in [-0.05, 0) is 38.0 Å². The Morgan fingerprint density at radius 2 is 2.16 bits per heavy atom. The Bertz CT molecular complexity index is 517. The molecule has 5 nitrogen and oxygen atoms in total. The molecule has 0 spiro atoms. The Morgan fingerprint density at radius 3 is 2.74 bits per heavy atom. The zero-order valence-corrected chi connectivity index (χ0v) is 10.4. The maximum absolute atomic E-state index is 13.1. The van der Waals surface area contributed by atoms with Crippen LogP contribution in [0.1, 0.15) is 30.1 Å². The van der Waals surface area contributed by atoms with Gasteiger partial charge < -0.3 is 15.2 Å². The Labute approximate surface area is 109 Å². The minimum Gasteiger partial charge on any atom is -0.478 e. The summed E-state index contributed by atoms with van der Waals surface area (Å²) in [5.41, 5.74) is -0.207. The quantitative estimate of drug-likeness (QED) is 0.878. The Morgan fingerprint density at radius 1 is 1.42 bits per heavy atom. The van der Waals surface area contributed by atoms with Crippen molar-refractivity contribution in [2.24, 2.45) is 0 Å². The van der Waals surface area contributed by atoms with Crippen LogP contribution in [-0.2, 0) is 9.53 Å². The number of nitrogens with one attached hydrogen (secondary N) is 1. The first kappa shape index (κ1) is 13.5. The Balaban J connectivity index is 2.16. The van der Waals surface area contributed by atoms with Crippen LogP contribution in [0.2, 0.25) is 0 Å².